The maximum Gasteiger partial charge on any atom is 0.472 e. The second-order valence-electron chi connectivity index (χ2n) is 14.2. The Morgan fingerprint density at radius 3 is 1.55 bits per heavy atom. The van der Waals surface area contributed by atoms with Gasteiger partial charge in [-0.3, -0.25) is 18.6 Å². The minimum atomic E-state index is -4.39. The number of rotatable bonds is 40. The van der Waals surface area contributed by atoms with Gasteiger partial charge in [0.1, 0.15) is 6.61 Å². The van der Waals surface area contributed by atoms with E-state index < -0.39 is 32.5 Å². The number of ether oxygens (including phenoxy) is 2. The minimum absolute atomic E-state index is 0.0436. The van der Waals surface area contributed by atoms with Gasteiger partial charge in [-0.05, 0) is 77.0 Å². The molecule has 0 saturated carbocycles. The van der Waals surface area contributed by atoms with Gasteiger partial charge < -0.3 is 20.1 Å². The maximum atomic E-state index is 12.6. The van der Waals surface area contributed by atoms with Crippen molar-refractivity contribution in [1.82, 2.24) is 0 Å². The van der Waals surface area contributed by atoms with Crippen molar-refractivity contribution in [3.63, 3.8) is 0 Å². The molecule has 0 aliphatic heterocycles. The summed E-state index contributed by atoms with van der Waals surface area (Å²) < 4.78 is 32.7. The normalized spacial score (nSPS) is 13.9. The summed E-state index contributed by atoms with van der Waals surface area (Å²) in [4.78, 5) is 34.8. The van der Waals surface area contributed by atoms with Gasteiger partial charge in [0.15, 0.2) is 6.10 Å². The van der Waals surface area contributed by atoms with Crippen LogP contribution in [0.5, 0.6) is 0 Å². The Balaban J connectivity index is 4.20. The van der Waals surface area contributed by atoms with Crippen molar-refractivity contribution in [3.05, 3.63) is 60.8 Å². The number of esters is 2. The summed E-state index contributed by atoms with van der Waals surface area (Å²) in [7, 11) is -4.39. The van der Waals surface area contributed by atoms with E-state index in [1.165, 1.54) is 77.0 Å². The highest BCUT2D eigenvalue weighted by atomic mass is 31.2. The lowest BCUT2D eigenvalue weighted by Gasteiger charge is -2.19. The molecular weight excluding hydrogens is 713 g/mol. The van der Waals surface area contributed by atoms with E-state index in [2.05, 4.69) is 74.6 Å². The number of hydrogen-bond acceptors (Lipinski definition) is 8. The summed E-state index contributed by atoms with van der Waals surface area (Å²) >= 11 is 0. The molecule has 9 nitrogen and oxygen atoms in total. The van der Waals surface area contributed by atoms with Crippen LogP contribution in [0.3, 0.4) is 0 Å². The Kier molecular flexibility index (Phi) is 39.6. The van der Waals surface area contributed by atoms with E-state index in [0.717, 1.165) is 70.6 Å². The van der Waals surface area contributed by atoms with Gasteiger partial charge in [0.05, 0.1) is 13.2 Å². The predicted octanol–water partition coefficient (Wildman–Crippen LogP) is 12.5. The van der Waals surface area contributed by atoms with Crippen LogP contribution in [0.25, 0.3) is 0 Å². The first-order chi connectivity index (χ1) is 26.8. The molecule has 0 saturated heterocycles. The van der Waals surface area contributed by atoms with Crippen LogP contribution in [0, 0.1) is 0 Å². The number of phosphoric ester groups is 1. The van der Waals surface area contributed by atoms with Gasteiger partial charge in [0.25, 0.3) is 0 Å². The number of carbonyl (C=O) groups is 2. The fraction of sp³-hybridized carbons (Fsp3) is 0.733. The number of unbranched alkanes of at least 4 members (excludes halogenated alkanes) is 17. The zero-order valence-corrected chi connectivity index (χ0v) is 35.8. The third-order valence-electron chi connectivity index (χ3n) is 8.89. The highest BCUT2D eigenvalue weighted by Crippen LogP contribution is 2.43. The highest BCUT2D eigenvalue weighted by Gasteiger charge is 2.25. The molecular formula is C45H80NO8P. The standard InChI is InChI=1S/C45H80NO8P/c1-3-5-7-9-11-13-15-17-19-20-21-22-24-25-27-29-31-33-35-37-44(47)51-41-43(42-53-55(49,50)52-40-39-46)54-45(48)38-36-34-32-30-28-26-23-18-16-14-12-10-8-6-4-2/h6,8,12,14,18,20-21,23,28,30,43H,3-5,7,9-11,13,15-17,19,22,24-27,29,31-42,46H2,1-2H3,(H,49,50)/b8-6-,14-12-,21-20-,23-18-,30-28-/t43-/m1/s1. The van der Waals surface area contributed by atoms with E-state index in [0.29, 0.717) is 6.42 Å². The molecule has 0 fully saturated rings. The monoisotopic (exact) mass is 794 g/mol. The van der Waals surface area contributed by atoms with E-state index in [-0.39, 0.29) is 32.6 Å². The van der Waals surface area contributed by atoms with Crippen LogP contribution >= 0.6 is 7.82 Å². The van der Waals surface area contributed by atoms with E-state index in [9.17, 15) is 19.0 Å². The molecule has 0 aromatic rings. The molecule has 10 heteroatoms. The van der Waals surface area contributed by atoms with E-state index in [1.807, 2.05) is 0 Å². The van der Waals surface area contributed by atoms with Crippen LogP contribution in [-0.2, 0) is 32.7 Å². The maximum absolute atomic E-state index is 12.6. The number of allylic oxidation sites excluding steroid dienone is 10. The summed E-state index contributed by atoms with van der Waals surface area (Å²) in [6.07, 6.45) is 48.3. The Morgan fingerprint density at radius 2 is 1.00 bits per heavy atom. The lowest BCUT2D eigenvalue weighted by molar-refractivity contribution is -0.161. The van der Waals surface area contributed by atoms with Crippen LogP contribution in [0.15, 0.2) is 60.8 Å². The Bertz CT molecular complexity index is 1090. The molecule has 0 amide bonds. The molecule has 3 N–H and O–H groups in total. The predicted molar refractivity (Wildman–Crippen MR) is 229 cm³/mol. The average Bonchev–Trinajstić information content (AvgIpc) is 3.17. The Hall–Kier alpha value is -2.29. The zero-order valence-electron chi connectivity index (χ0n) is 34.9. The highest BCUT2D eigenvalue weighted by molar-refractivity contribution is 7.47. The molecule has 0 bridgehead atoms. The van der Waals surface area contributed by atoms with Crippen molar-refractivity contribution in [2.45, 2.75) is 187 Å². The van der Waals surface area contributed by atoms with Gasteiger partial charge in [-0.1, -0.05) is 152 Å². The first-order valence-electron chi connectivity index (χ1n) is 21.8. The van der Waals surface area contributed by atoms with Crippen LogP contribution in [0.1, 0.15) is 181 Å². The van der Waals surface area contributed by atoms with E-state index in [4.69, 9.17) is 24.3 Å². The van der Waals surface area contributed by atoms with E-state index >= 15 is 0 Å². The van der Waals surface area contributed by atoms with Crippen molar-refractivity contribution >= 4 is 19.8 Å². The van der Waals surface area contributed by atoms with Gasteiger partial charge in [-0.25, -0.2) is 4.57 Å². The van der Waals surface area contributed by atoms with Crippen molar-refractivity contribution < 1.29 is 37.6 Å². The quantitative estimate of drug-likeness (QED) is 0.0269. The molecule has 0 radical (unpaired) electrons. The van der Waals surface area contributed by atoms with Gasteiger partial charge in [0.2, 0.25) is 0 Å². The van der Waals surface area contributed by atoms with Gasteiger partial charge in [0, 0.05) is 19.4 Å². The zero-order chi connectivity index (χ0) is 40.3. The Morgan fingerprint density at radius 1 is 0.564 bits per heavy atom. The van der Waals surface area contributed by atoms with Gasteiger partial charge in [-0.2, -0.15) is 0 Å². The van der Waals surface area contributed by atoms with Crippen molar-refractivity contribution in [2.24, 2.45) is 5.73 Å². The molecule has 0 spiro atoms. The van der Waals surface area contributed by atoms with Crippen LogP contribution in [-0.4, -0.2) is 49.3 Å². The summed E-state index contributed by atoms with van der Waals surface area (Å²) in [5.74, 6) is -0.885. The molecule has 55 heavy (non-hydrogen) atoms. The molecule has 0 aromatic heterocycles. The fourth-order valence-electron chi connectivity index (χ4n) is 5.68. The van der Waals surface area contributed by atoms with Gasteiger partial charge in [-0.15, -0.1) is 0 Å². The molecule has 1 unspecified atom stereocenters. The van der Waals surface area contributed by atoms with Crippen LogP contribution < -0.4 is 5.73 Å². The summed E-state index contributed by atoms with van der Waals surface area (Å²) in [5, 5.41) is 0. The third-order valence-corrected chi connectivity index (χ3v) is 9.87. The number of phosphoric acid groups is 1. The number of nitrogens with two attached hydrogens (primary N) is 1. The summed E-state index contributed by atoms with van der Waals surface area (Å²) in [6, 6.07) is 0. The first-order valence-corrected chi connectivity index (χ1v) is 23.3. The van der Waals surface area contributed by atoms with Gasteiger partial charge >= 0.3 is 19.8 Å². The SMILES string of the molecule is CC/C=C\C/C=C\C/C=C\C/C=C\CCCCC(=O)O[C@H](COC(=O)CCCCCCCCC/C=C\CCCCCCCCCC)COP(=O)(O)OCCN. The van der Waals surface area contributed by atoms with Crippen molar-refractivity contribution in [3.8, 4) is 0 Å². The number of hydrogen-bond donors (Lipinski definition) is 2. The van der Waals surface area contributed by atoms with Crippen LogP contribution in [0.4, 0.5) is 0 Å². The fourth-order valence-corrected chi connectivity index (χ4v) is 6.44. The number of carbonyl (C=O) groups excluding carboxylic acids is 2. The van der Waals surface area contributed by atoms with E-state index in [1.54, 1.807) is 0 Å². The summed E-state index contributed by atoms with van der Waals surface area (Å²) in [5.41, 5.74) is 5.34. The minimum Gasteiger partial charge on any atom is -0.462 e. The summed E-state index contributed by atoms with van der Waals surface area (Å²) in [6.45, 7) is 3.56. The molecule has 0 aromatic carbocycles. The average molecular weight is 794 g/mol. The van der Waals surface area contributed by atoms with Crippen LogP contribution in [0.2, 0.25) is 0 Å². The third kappa shape index (κ3) is 41.2. The largest absolute Gasteiger partial charge is 0.472 e. The molecule has 2 atom stereocenters. The Labute approximate surface area is 336 Å². The second kappa shape index (κ2) is 41.3. The molecule has 0 rings (SSSR count). The first kappa shape index (κ1) is 52.7. The molecule has 0 aliphatic carbocycles. The second-order valence-corrected chi connectivity index (χ2v) is 15.6. The molecule has 0 heterocycles. The molecule has 0 aliphatic rings. The van der Waals surface area contributed by atoms with Crippen molar-refractivity contribution in [1.29, 1.82) is 0 Å². The molecule has 318 valence electrons. The topological polar surface area (TPSA) is 134 Å². The smallest absolute Gasteiger partial charge is 0.462 e. The lowest BCUT2D eigenvalue weighted by atomic mass is 10.1. The van der Waals surface area contributed by atoms with Crippen molar-refractivity contribution in [2.75, 3.05) is 26.4 Å². The lowest BCUT2D eigenvalue weighted by Crippen LogP contribution is -2.29.